The van der Waals surface area contributed by atoms with Crippen LogP contribution >= 0.6 is 0 Å². The molecule has 1 N–H and O–H groups in total. The molecule has 0 saturated heterocycles. The summed E-state index contributed by atoms with van der Waals surface area (Å²) in [6.45, 7) is 2.05. The van der Waals surface area contributed by atoms with Crippen LogP contribution in [0, 0.1) is 6.92 Å². The summed E-state index contributed by atoms with van der Waals surface area (Å²) in [5.74, 6) is -0.273. The molecule has 1 aromatic carbocycles. The van der Waals surface area contributed by atoms with E-state index in [-0.39, 0.29) is 11.4 Å². The number of aryl methyl sites for hydroxylation is 1. The fourth-order valence-electron chi connectivity index (χ4n) is 2.64. The van der Waals surface area contributed by atoms with E-state index in [2.05, 4.69) is 56.7 Å². The van der Waals surface area contributed by atoms with Gasteiger partial charge in [-0.1, -0.05) is 29.8 Å². The average molecular weight is 343 g/mol. The third-order valence-corrected chi connectivity index (χ3v) is 4.23. The van der Waals surface area contributed by atoms with Gasteiger partial charge in [0.2, 0.25) is 5.95 Å². The molecule has 0 bridgehead atoms. The van der Waals surface area contributed by atoms with Gasteiger partial charge in [-0.25, -0.2) is 9.97 Å². The first-order valence-corrected chi connectivity index (χ1v) is 7.85. The van der Waals surface area contributed by atoms with Gasteiger partial charge in [0.15, 0.2) is 0 Å². The summed E-state index contributed by atoms with van der Waals surface area (Å²) in [7, 11) is 0. The Morgan fingerprint density at radius 1 is 1.08 bits per heavy atom. The Hall–Kier alpha value is -2.90. The minimum Gasteiger partial charge on any atom is -0.415 e. The second-order valence-electron chi connectivity index (χ2n) is 6.11. The molecule has 25 heavy (non-hydrogen) atoms. The summed E-state index contributed by atoms with van der Waals surface area (Å²) in [4.78, 5) is 8.48. The van der Waals surface area contributed by atoms with Crippen LogP contribution in [-0.4, -0.2) is 20.2 Å². The van der Waals surface area contributed by atoms with Crippen molar-refractivity contribution in [2.75, 3.05) is 5.32 Å². The summed E-state index contributed by atoms with van der Waals surface area (Å²) in [6, 6.07) is 8.37. The number of alkyl halides is 2. The Kier molecular flexibility index (Phi) is 3.67. The van der Waals surface area contributed by atoms with Crippen LogP contribution in [0.15, 0.2) is 41.1 Å². The molecule has 2 aromatic heterocycles. The number of rotatable bonds is 5. The first-order valence-electron chi connectivity index (χ1n) is 7.85. The zero-order valence-corrected chi connectivity index (χ0v) is 13.4. The van der Waals surface area contributed by atoms with Gasteiger partial charge in [0.1, 0.15) is 0 Å². The van der Waals surface area contributed by atoms with Gasteiger partial charge in [0.05, 0.1) is 11.1 Å². The Morgan fingerprint density at radius 3 is 2.32 bits per heavy atom. The van der Waals surface area contributed by atoms with E-state index in [1.165, 1.54) is 23.5 Å². The SMILES string of the molecule is Cc1ccc(C2(Nc3ncc(-c4nnc(C(F)F)o4)cn3)CC2)cc1. The average Bonchev–Trinajstić information content (AvgIpc) is 3.21. The number of benzene rings is 1. The topological polar surface area (TPSA) is 76.7 Å². The molecule has 3 aromatic rings. The van der Waals surface area contributed by atoms with Crippen LogP contribution in [0.2, 0.25) is 0 Å². The van der Waals surface area contributed by atoms with Crippen molar-refractivity contribution in [2.45, 2.75) is 31.7 Å². The first-order chi connectivity index (χ1) is 12.1. The van der Waals surface area contributed by atoms with Crippen molar-refractivity contribution in [3.63, 3.8) is 0 Å². The summed E-state index contributed by atoms with van der Waals surface area (Å²) < 4.78 is 29.9. The Morgan fingerprint density at radius 2 is 1.76 bits per heavy atom. The molecule has 0 spiro atoms. The van der Waals surface area contributed by atoms with Gasteiger partial charge < -0.3 is 9.73 Å². The normalized spacial score (nSPS) is 15.4. The maximum absolute atomic E-state index is 12.5. The second kappa shape index (κ2) is 5.87. The largest absolute Gasteiger partial charge is 0.415 e. The number of anilines is 1. The van der Waals surface area contributed by atoms with Gasteiger partial charge in [-0.15, -0.1) is 10.2 Å². The summed E-state index contributed by atoms with van der Waals surface area (Å²) >= 11 is 0. The molecule has 0 atom stereocenters. The lowest BCUT2D eigenvalue weighted by Crippen LogP contribution is -2.20. The van der Waals surface area contributed by atoms with E-state index < -0.39 is 12.3 Å². The van der Waals surface area contributed by atoms with Crippen molar-refractivity contribution in [1.29, 1.82) is 0 Å². The Labute approximate surface area is 142 Å². The van der Waals surface area contributed by atoms with Crippen molar-refractivity contribution in [2.24, 2.45) is 0 Å². The predicted octanol–water partition coefficient (Wildman–Crippen LogP) is 3.87. The molecule has 0 radical (unpaired) electrons. The van der Waals surface area contributed by atoms with Crippen LogP contribution in [0.5, 0.6) is 0 Å². The molecule has 1 saturated carbocycles. The molecule has 2 heterocycles. The molecule has 1 fully saturated rings. The van der Waals surface area contributed by atoms with E-state index in [1.807, 2.05) is 0 Å². The zero-order valence-electron chi connectivity index (χ0n) is 13.4. The number of nitrogens with zero attached hydrogens (tertiary/aromatic N) is 4. The van der Waals surface area contributed by atoms with Gasteiger partial charge in [0, 0.05) is 12.4 Å². The molecular formula is C17H15F2N5O. The lowest BCUT2D eigenvalue weighted by molar-refractivity contribution is 0.116. The monoisotopic (exact) mass is 343 g/mol. The predicted molar refractivity (Wildman–Crippen MR) is 86.0 cm³/mol. The van der Waals surface area contributed by atoms with Crippen molar-refractivity contribution in [3.8, 4) is 11.5 Å². The number of hydrogen-bond donors (Lipinski definition) is 1. The minimum atomic E-state index is -2.80. The highest BCUT2D eigenvalue weighted by Crippen LogP contribution is 2.47. The van der Waals surface area contributed by atoms with Crippen LogP contribution in [0.25, 0.3) is 11.5 Å². The molecule has 128 valence electrons. The Balaban J connectivity index is 1.51. The highest BCUT2D eigenvalue weighted by molar-refractivity contribution is 5.51. The molecule has 6 nitrogen and oxygen atoms in total. The third kappa shape index (κ3) is 3.07. The van der Waals surface area contributed by atoms with Crippen molar-refractivity contribution in [3.05, 3.63) is 53.7 Å². The molecule has 4 rings (SSSR count). The van der Waals surface area contributed by atoms with Gasteiger partial charge in [0.25, 0.3) is 11.8 Å². The smallest absolute Gasteiger partial charge is 0.314 e. The number of aromatic nitrogens is 4. The van der Waals surface area contributed by atoms with Crippen molar-refractivity contribution in [1.82, 2.24) is 20.2 Å². The number of hydrogen-bond acceptors (Lipinski definition) is 6. The maximum atomic E-state index is 12.5. The first kappa shape index (κ1) is 15.6. The molecule has 8 heteroatoms. The van der Waals surface area contributed by atoms with Crippen LogP contribution in [0.1, 0.15) is 36.3 Å². The highest BCUT2D eigenvalue weighted by atomic mass is 19.3. The van der Waals surface area contributed by atoms with E-state index in [0.29, 0.717) is 11.5 Å². The fraction of sp³-hybridized carbons (Fsp3) is 0.294. The summed E-state index contributed by atoms with van der Waals surface area (Å²) in [5.41, 5.74) is 2.67. The van der Waals surface area contributed by atoms with E-state index in [9.17, 15) is 8.78 Å². The van der Waals surface area contributed by atoms with E-state index >= 15 is 0 Å². The highest BCUT2D eigenvalue weighted by Gasteiger charge is 2.44. The van der Waals surface area contributed by atoms with Gasteiger partial charge in [-0.3, -0.25) is 0 Å². The van der Waals surface area contributed by atoms with Crippen LogP contribution in [0.4, 0.5) is 14.7 Å². The van der Waals surface area contributed by atoms with Gasteiger partial charge >= 0.3 is 6.43 Å². The van der Waals surface area contributed by atoms with Crippen molar-refractivity contribution >= 4 is 5.95 Å². The minimum absolute atomic E-state index is 0.0264. The number of nitrogens with one attached hydrogen (secondary N) is 1. The molecular weight excluding hydrogens is 328 g/mol. The Bertz CT molecular complexity index is 873. The fourth-order valence-corrected chi connectivity index (χ4v) is 2.64. The van der Waals surface area contributed by atoms with Gasteiger partial charge in [-0.05, 0) is 25.3 Å². The third-order valence-electron chi connectivity index (χ3n) is 4.23. The van der Waals surface area contributed by atoms with Gasteiger partial charge in [-0.2, -0.15) is 8.78 Å². The van der Waals surface area contributed by atoms with E-state index in [1.54, 1.807) is 0 Å². The summed E-state index contributed by atoms with van der Waals surface area (Å²) in [6.07, 6.45) is 2.16. The quantitative estimate of drug-likeness (QED) is 0.758. The second-order valence-corrected chi connectivity index (χ2v) is 6.11. The van der Waals surface area contributed by atoms with Crippen LogP contribution < -0.4 is 5.32 Å². The lowest BCUT2D eigenvalue weighted by atomic mass is 10.0. The number of halogens is 2. The maximum Gasteiger partial charge on any atom is 0.314 e. The van der Waals surface area contributed by atoms with Crippen LogP contribution in [0.3, 0.4) is 0 Å². The van der Waals surface area contributed by atoms with E-state index in [4.69, 9.17) is 4.42 Å². The molecule has 0 aliphatic heterocycles. The molecule has 0 amide bonds. The van der Waals surface area contributed by atoms with E-state index in [0.717, 1.165) is 12.8 Å². The summed E-state index contributed by atoms with van der Waals surface area (Å²) in [5, 5.41) is 10.2. The molecule has 0 unspecified atom stereocenters. The molecule has 1 aliphatic rings. The van der Waals surface area contributed by atoms with Crippen molar-refractivity contribution < 1.29 is 13.2 Å². The molecule has 1 aliphatic carbocycles. The lowest BCUT2D eigenvalue weighted by Gasteiger charge is -2.18. The van der Waals surface area contributed by atoms with Crippen LogP contribution in [-0.2, 0) is 5.54 Å². The zero-order chi connectivity index (χ0) is 17.4. The standard InChI is InChI=1S/C17H15F2N5O/c1-10-2-4-12(5-3-10)17(6-7-17)22-16-20-8-11(9-21-16)14-23-24-15(25-14)13(18)19/h2-5,8-9,13H,6-7H2,1H3,(H,20,21,22).